The molecule has 10 heteroatoms. The van der Waals surface area contributed by atoms with Crippen LogP contribution in [0.25, 0.3) is 22.3 Å². The number of halogens is 3. The molecule has 176 valence electrons. The number of aromatic nitrogens is 5. The molecule has 1 N–H and O–H groups in total. The predicted octanol–water partition coefficient (Wildman–Crippen LogP) is 6.40. The average Bonchev–Trinajstić information content (AvgIpc) is 3.39. The summed E-state index contributed by atoms with van der Waals surface area (Å²) in [6, 6.07) is 14.5. The second-order valence-electron chi connectivity index (χ2n) is 8.10. The monoisotopic (exact) mass is 524 g/mol. The molecule has 3 heterocycles. The molecule has 1 amide bonds. The highest BCUT2D eigenvalue weighted by Crippen LogP contribution is 2.28. The Bertz CT molecular complexity index is 1570. The molecular weight excluding hydrogens is 507 g/mol. The van der Waals surface area contributed by atoms with E-state index in [-0.39, 0.29) is 5.91 Å². The van der Waals surface area contributed by atoms with Gasteiger partial charge in [0.1, 0.15) is 0 Å². The SMILES string of the molecule is Cc1nn(C)c2nc(-c3ccc(Cl)cc3)cc(C(=O)Nc3cnn(Cc4ccc(Cl)c(Cl)c4)c3)c12. The highest BCUT2D eigenvalue weighted by Gasteiger charge is 2.20. The standard InChI is InChI=1S/C25H19Cl3N6O/c1-14-23-19(10-22(31-24(23)33(2)32-14)16-4-6-17(26)7-5-16)25(35)30-18-11-29-34(13-18)12-15-3-8-20(27)21(28)9-15/h3-11,13H,12H2,1-2H3,(H,30,35). The van der Waals surface area contributed by atoms with Crippen molar-refractivity contribution in [2.45, 2.75) is 13.5 Å². The molecule has 5 rings (SSSR count). The highest BCUT2D eigenvalue weighted by atomic mass is 35.5. The summed E-state index contributed by atoms with van der Waals surface area (Å²) >= 11 is 18.2. The van der Waals surface area contributed by atoms with E-state index in [9.17, 15) is 4.79 Å². The third-order valence-electron chi connectivity index (χ3n) is 5.57. The lowest BCUT2D eigenvalue weighted by atomic mass is 10.0. The van der Waals surface area contributed by atoms with Gasteiger partial charge < -0.3 is 5.32 Å². The Labute approximate surface area is 216 Å². The maximum Gasteiger partial charge on any atom is 0.256 e. The van der Waals surface area contributed by atoms with E-state index in [1.165, 1.54) is 0 Å². The smallest absolute Gasteiger partial charge is 0.256 e. The zero-order valence-electron chi connectivity index (χ0n) is 18.8. The Kier molecular flexibility index (Phi) is 6.23. The van der Waals surface area contributed by atoms with Gasteiger partial charge in [-0.1, -0.05) is 53.0 Å². The molecule has 0 aliphatic rings. The summed E-state index contributed by atoms with van der Waals surface area (Å²) in [6.45, 7) is 2.34. The van der Waals surface area contributed by atoms with Gasteiger partial charge in [-0.3, -0.25) is 14.2 Å². The first-order valence-electron chi connectivity index (χ1n) is 10.7. The molecule has 0 unspecified atom stereocenters. The van der Waals surface area contributed by atoms with Gasteiger partial charge in [0, 0.05) is 23.8 Å². The quantitative estimate of drug-likeness (QED) is 0.288. The predicted molar refractivity (Wildman–Crippen MR) is 139 cm³/mol. The molecule has 0 saturated carbocycles. The first kappa shape index (κ1) is 23.4. The summed E-state index contributed by atoms with van der Waals surface area (Å²) in [4.78, 5) is 18.2. The number of benzene rings is 2. The van der Waals surface area contributed by atoms with Gasteiger partial charge in [-0.05, 0) is 42.8 Å². The van der Waals surface area contributed by atoms with Crippen LogP contribution in [0.4, 0.5) is 5.69 Å². The lowest BCUT2D eigenvalue weighted by Crippen LogP contribution is -2.13. The molecule has 35 heavy (non-hydrogen) atoms. The van der Waals surface area contributed by atoms with E-state index in [0.717, 1.165) is 16.8 Å². The van der Waals surface area contributed by atoms with Crippen molar-refractivity contribution in [3.8, 4) is 11.3 Å². The molecule has 5 aromatic rings. The Morgan fingerprint density at radius 1 is 1.03 bits per heavy atom. The largest absolute Gasteiger partial charge is 0.319 e. The van der Waals surface area contributed by atoms with E-state index < -0.39 is 0 Å². The second kappa shape index (κ2) is 9.34. The van der Waals surface area contributed by atoms with Crippen molar-refractivity contribution >= 4 is 57.4 Å². The minimum absolute atomic E-state index is 0.280. The number of anilines is 1. The Morgan fingerprint density at radius 2 is 1.80 bits per heavy atom. The molecule has 2 aromatic carbocycles. The van der Waals surface area contributed by atoms with Crippen molar-refractivity contribution in [2.75, 3.05) is 5.32 Å². The maximum absolute atomic E-state index is 13.4. The van der Waals surface area contributed by atoms with Crippen molar-refractivity contribution in [1.82, 2.24) is 24.5 Å². The molecule has 0 bridgehead atoms. The van der Waals surface area contributed by atoms with Crippen LogP contribution in [0.1, 0.15) is 21.6 Å². The van der Waals surface area contributed by atoms with Crippen LogP contribution in [0.15, 0.2) is 60.9 Å². The average molecular weight is 526 g/mol. The number of aryl methyl sites for hydroxylation is 2. The van der Waals surface area contributed by atoms with Crippen LogP contribution in [0.2, 0.25) is 15.1 Å². The summed E-state index contributed by atoms with van der Waals surface area (Å²) < 4.78 is 3.39. The van der Waals surface area contributed by atoms with Gasteiger partial charge in [0.05, 0.1) is 50.8 Å². The lowest BCUT2D eigenvalue weighted by molar-refractivity contribution is 0.102. The molecule has 3 aromatic heterocycles. The van der Waals surface area contributed by atoms with Crippen LogP contribution in [-0.2, 0) is 13.6 Å². The van der Waals surface area contributed by atoms with Gasteiger partial charge in [-0.15, -0.1) is 0 Å². The molecule has 7 nitrogen and oxygen atoms in total. The molecule has 0 aliphatic carbocycles. The molecule has 0 spiro atoms. The number of hydrogen-bond acceptors (Lipinski definition) is 4. The van der Waals surface area contributed by atoms with E-state index >= 15 is 0 Å². The number of carbonyl (C=O) groups is 1. The Hall–Kier alpha value is -3.39. The van der Waals surface area contributed by atoms with Gasteiger partial charge in [0.2, 0.25) is 0 Å². The number of hydrogen-bond donors (Lipinski definition) is 1. The molecule has 0 atom stereocenters. The number of rotatable bonds is 5. The van der Waals surface area contributed by atoms with Crippen LogP contribution in [0.3, 0.4) is 0 Å². The van der Waals surface area contributed by atoms with Gasteiger partial charge in [0.25, 0.3) is 5.91 Å². The Balaban J connectivity index is 1.45. The summed E-state index contributed by atoms with van der Waals surface area (Å²) in [5, 5.41) is 14.1. The molecule has 0 saturated heterocycles. The fraction of sp³-hybridized carbons (Fsp3) is 0.120. The molecule has 0 fully saturated rings. The van der Waals surface area contributed by atoms with E-state index in [1.54, 1.807) is 52.1 Å². The van der Waals surface area contributed by atoms with Crippen molar-refractivity contribution in [3.05, 3.63) is 92.8 Å². The normalized spacial score (nSPS) is 11.2. The second-order valence-corrected chi connectivity index (χ2v) is 9.35. The van der Waals surface area contributed by atoms with Crippen molar-refractivity contribution in [1.29, 1.82) is 0 Å². The zero-order chi connectivity index (χ0) is 24.7. The number of nitrogens with zero attached hydrogens (tertiary/aromatic N) is 5. The summed E-state index contributed by atoms with van der Waals surface area (Å²) in [7, 11) is 1.81. The summed E-state index contributed by atoms with van der Waals surface area (Å²) in [6.07, 6.45) is 3.36. The van der Waals surface area contributed by atoms with Crippen LogP contribution in [0.5, 0.6) is 0 Å². The van der Waals surface area contributed by atoms with E-state index in [4.69, 9.17) is 39.8 Å². The van der Waals surface area contributed by atoms with Crippen LogP contribution < -0.4 is 5.32 Å². The van der Waals surface area contributed by atoms with E-state index in [0.29, 0.717) is 49.6 Å². The number of pyridine rings is 1. The number of nitrogens with one attached hydrogen (secondary N) is 1. The summed E-state index contributed by atoms with van der Waals surface area (Å²) in [5.41, 5.74) is 4.82. The fourth-order valence-electron chi connectivity index (χ4n) is 3.93. The number of carbonyl (C=O) groups excluding carboxylic acids is 1. The zero-order valence-corrected chi connectivity index (χ0v) is 21.0. The van der Waals surface area contributed by atoms with Crippen molar-refractivity contribution < 1.29 is 4.79 Å². The first-order valence-corrected chi connectivity index (χ1v) is 11.8. The Morgan fingerprint density at radius 3 is 2.54 bits per heavy atom. The van der Waals surface area contributed by atoms with Gasteiger partial charge in [0.15, 0.2) is 5.65 Å². The third kappa shape index (κ3) is 4.75. The minimum atomic E-state index is -0.280. The molecule has 0 radical (unpaired) electrons. The van der Waals surface area contributed by atoms with Gasteiger partial charge in [-0.2, -0.15) is 10.2 Å². The van der Waals surface area contributed by atoms with E-state index in [2.05, 4.69) is 15.5 Å². The van der Waals surface area contributed by atoms with Crippen molar-refractivity contribution in [2.24, 2.45) is 7.05 Å². The topological polar surface area (TPSA) is 77.6 Å². The van der Waals surface area contributed by atoms with Gasteiger partial charge >= 0.3 is 0 Å². The van der Waals surface area contributed by atoms with Crippen LogP contribution in [-0.4, -0.2) is 30.5 Å². The number of fused-ring (bicyclic) bond motifs is 1. The lowest BCUT2D eigenvalue weighted by Gasteiger charge is -2.09. The fourth-order valence-corrected chi connectivity index (χ4v) is 4.38. The van der Waals surface area contributed by atoms with Crippen molar-refractivity contribution in [3.63, 3.8) is 0 Å². The summed E-state index contributed by atoms with van der Waals surface area (Å²) in [5.74, 6) is -0.280. The van der Waals surface area contributed by atoms with Crippen LogP contribution >= 0.6 is 34.8 Å². The number of amides is 1. The third-order valence-corrected chi connectivity index (χ3v) is 6.56. The maximum atomic E-state index is 13.4. The van der Waals surface area contributed by atoms with E-state index in [1.807, 2.05) is 32.2 Å². The molecule has 0 aliphatic heterocycles. The van der Waals surface area contributed by atoms with Crippen LogP contribution in [0, 0.1) is 6.92 Å². The first-order chi connectivity index (χ1) is 16.8. The molecular formula is C25H19Cl3N6O. The highest BCUT2D eigenvalue weighted by molar-refractivity contribution is 6.42. The van der Waals surface area contributed by atoms with Gasteiger partial charge in [-0.25, -0.2) is 4.98 Å². The minimum Gasteiger partial charge on any atom is -0.319 e.